The Morgan fingerprint density at radius 2 is 2.00 bits per heavy atom. The molecule has 1 aromatic heterocycles. The van der Waals surface area contributed by atoms with Gasteiger partial charge in [-0.15, -0.1) is 0 Å². The second kappa shape index (κ2) is 7.04. The number of rotatable bonds is 4. The molecule has 1 heterocycles. The number of hydrogen-bond donors (Lipinski definition) is 1. The molecule has 2 aromatic rings. The summed E-state index contributed by atoms with van der Waals surface area (Å²) in [6.07, 6.45) is 5.51. The molecule has 3 rings (SSSR count). The number of nitrogens with zero attached hydrogens (tertiary/aromatic N) is 1. The summed E-state index contributed by atoms with van der Waals surface area (Å²) in [5.74, 6) is 0. The Labute approximate surface area is 123 Å². The minimum absolute atomic E-state index is 0.421. The molecule has 1 atom stereocenters. The molecule has 3 nitrogen and oxygen atoms in total. The second-order valence-electron chi connectivity index (χ2n) is 5.23. The summed E-state index contributed by atoms with van der Waals surface area (Å²) in [6.45, 7) is 3.23. The summed E-state index contributed by atoms with van der Waals surface area (Å²) in [5, 5.41) is 4.38. The average molecular weight is 292 g/mol. The van der Waals surface area contributed by atoms with Crippen molar-refractivity contribution in [3.8, 4) is 0 Å². The smallest absolute Gasteiger partial charge is 0.0561 e. The van der Waals surface area contributed by atoms with Gasteiger partial charge in [0.15, 0.2) is 0 Å². The van der Waals surface area contributed by atoms with Gasteiger partial charge in [0, 0.05) is 33.8 Å². The van der Waals surface area contributed by atoms with Crippen LogP contribution in [-0.2, 0) is 17.3 Å². The van der Waals surface area contributed by atoms with Crippen molar-refractivity contribution < 1.29 is 4.21 Å². The highest BCUT2D eigenvalue weighted by atomic mass is 32.2. The van der Waals surface area contributed by atoms with Crippen LogP contribution in [0, 0.1) is 0 Å². The van der Waals surface area contributed by atoms with Gasteiger partial charge in [0.05, 0.1) is 10.8 Å². The van der Waals surface area contributed by atoms with E-state index in [9.17, 15) is 4.21 Å². The van der Waals surface area contributed by atoms with E-state index in [2.05, 4.69) is 41.2 Å². The zero-order valence-electron chi connectivity index (χ0n) is 12.6. The maximum absolute atomic E-state index is 12.1. The van der Waals surface area contributed by atoms with Gasteiger partial charge in [-0.05, 0) is 57.6 Å². The molecule has 20 heavy (non-hydrogen) atoms. The normalized spacial score (nSPS) is 15.8. The van der Waals surface area contributed by atoms with Crippen molar-refractivity contribution in [3.63, 3.8) is 0 Å². The average Bonchev–Trinajstić information content (AvgIpc) is 3.22. The van der Waals surface area contributed by atoms with Crippen molar-refractivity contribution in [2.75, 3.05) is 14.1 Å². The lowest BCUT2D eigenvalue weighted by Crippen LogP contribution is -1.98. The molecular formula is C16H24N2OS. The molecule has 1 aromatic carbocycles. The number of nitrogens with one attached hydrogen (secondary N) is 1. The van der Waals surface area contributed by atoms with Crippen molar-refractivity contribution in [1.29, 1.82) is 0 Å². The molecular weight excluding hydrogens is 268 g/mol. The van der Waals surface area contributed by atoms with Crippen LogP contribution in [0.25, 0.3) is 10.9 Å². The number of hydrogen-bond acceptors (Lipinski definition) is 2. The third kappa shape index (κ3) is 3.49. The van der Waals surface area contributed by atoms with Crippen LogP contribution >= 0.6 is 0 Å². The van der Waals surface area contributed by atoms with Gasteiger partial charge in [-0.25, -0.2) is 0 Å². The van der Waals surface area contributed by atoms with Crippen LogP contribution in [0.1, 0.15) is 26.2 Å². The van der Waals surface area contributed by atoms with Crippen molar-refractivity contribution >= 4 is 21.7 Å². The molecule has 1 fully saturated rings. The van der Waals surface area contributed by atoms with Gasteiger partial charge >= 0.3 is 0 Å². The van der Waals surface area contributed by atoms with Gasteiger partial charge in [-0.1, -0.05) is 6.92 Å². The Morgan fingerprint density at radius 1 is 1.30 bits per heavy atom. The third-order valence-corrected chi connectivity index (χ3v) is 5.06. The number of aromatic nitrogens is 1. The quantitative estimate of drug-likeness (QED) is 0.939. The molecule has 0 aliphatic heterocycles. The van der Waals surface area contributed by atoms with Gasteiger partial charge in [0.1, 0.15) is 0 Å². The van der Waals surface area contributed by atoms with E-state index in [-0.39, 0.29) is 0 Å². The van der Waals surface area contributed by atoms with Crippen LogP contribution in [0.3, 0.4) is 0 Å². The maximum atomic E-state index is 12.1. The molecule has 1 saturated carbocycles. The Hall–Kier alpha value is -1.13. The number of benzene rings is 1. The molecule has 1 aliphatic carbocycles. The fraction of sp³-hybridized carbons (Fsp3) is 0.500. The van der Waals surface area contributed by atoms with Gasteiger partial charge < -0.3 is 9.88 Å². The molecule has 1 unspecified atom stereocenters. The highest BCUT2D eigenvalue weighted by molar-refractivity contribution is 7.86. The Morgan fingerprint density at radius 3 is 2.60 bits per heavy atom. The van der Waals surface area contributed by atoms with E-state index < -0.39 is 10.8 Å². The van der Waals surface area contributed by atoms with Crippen molar-refractivity contribution in [3.05, 3.63) is 30.5 Å². The fourth-order valence-electron chi connectivity index (χ4n) is 2.21. The molecule has 110 valence electrons. The topological polar surface area (TPSA) is 34.0 Å². The van der Waals surface area contributed by atoms with Crippen LogP contribution in [0.5, 0.6) is 0 Å². The lowest BCUT2D eigenvalue weighted by Gasteiger charge is -2.04. The van der Waals surface area contributed by atoms with Crippen molar-refractivity contribution in [2.24, 2.45) is 0 Å². The zero-order valence-corrected chi connectivity index (χ0v) is 13.4. The molecule has 0 amide bonds. The first-order valence-electron chi connectivity index (χ1n) is 7.29. The van der Waals surface area contributed by atoms with E-state index in [4.69, 9.17) is 0 Å². The third-order valence-electron chi connectivity index (χ3n) is 3.27. The summed E-state index contributed by atoms with van der Waals surface area (Å²) < 4.78 is 14.4. The van der Waals surface area contributed by atoms with Crippen LogP contribution < -0.4 is 5.32 Å². The predicted octanol–water partition coefficient (Wildman–Crippen LogP) is 3.16. The lowest BCUT2D eigenvalue weighted by molar-refractivity contribution is 0.682. The first-order valence-corrected chi connectivity index (χ1v) is 8.50. The van der Waals surface area contributed by atoms with E-state index in [1.54, 1.807) is 0 Å². The first kappa shape index (κ1) is 15.3. The Bertz CT molecular complexity index is 587. The standard InChI is InChI=1S/C14H17NOS.C2H7N/c1-2-8-15-9-7-11-10-13(5-6-14(11)15)17(16)12-3-4-12;1-3-2/h5-7,9-10,12H,2-4,8H2,1H3;3H,1-2H3. The second-order valence-corrected chi connectivity index (χ2v) is 6.96. The largest absolute Gasteiger partial charge is 0.347 e. The number of aryl methyl sites for hydroxylation is 1. The number of fused-ring (bicyclic) bond motifs is 1. The van der Waals surface area contributed by atoms with Gasteiger partial charge in [-0.2, -0.15) is 0 Å². The van der Waals surface area contributed by atoms with Crippen molar-refractivity contribution in [2.45, 2.75) is 42.9 Å². The van der Waals surface area contributed by atoms with E-state index in [1.165, 1.54) is 10.9 Å². The zero-order chi connectivity index (χ0) is 14.5. The molecule has 0 spiro atoms. The van der Waals surface area contributed by atoms with Crippen LogP contribution in [-0.4, -0.2) is 28.1 Å². The summed E-state index contributed by atoms with van der Waals surface area (Å²) in [7, 11) is 2.97. The van der Waals surface area contributed by atoms with Crippen LogP contribution in [0.2, 0.25) is 0 Å². The SMILES string of the molecule is CCCn1ccc2cc(S(=O)C3CC3)ccc21.CNC. The molecule has 1 aliphatic rings. The van der Waals surface area contributed by atoms with E-state index in [1.807, 2.05) is 20.2 Å². The maximum Gasteiger partial charge on any atom is 0.0561 e. The Kier molecular flexibility index (Phi) is 5.38. The highest BCUT2D eigenvalue weighted by Crippen LogP contribution is 2.31. The predicted molar refractivity (Wildman–Crippen MR) is 86.6 cm³/mol. The fourth-order valence-corrected chi connectivity index (χ4v) is 3.61. The summed E-state index contributed by atoms with van der Waals surface area (Å²) in [4.78, 5) is 0.995. The summed E-state index contributed by atoms with van der Waals surface area (Å²) in [6, 6.07) is 8.36. The van der Waals surface area contributed by atoms with E-state index in [0.717, 1.165) is 30.7 Å². The van der Waals surface area contributed by atoms with Gasteiger partial charge in [0.25, 0.3) is 0 Å². The summed E-state index contributed by atoms with van der Waals surface area (Å²) in [5.41, 5.74) is 1.25. The molecule has 0 bridgehead atoms. The molecule has 0 radical (unpaired) electrons. The molecule has 4 heteroatoms. The minimum atomic E-state index is -0.784. The minimum Gasteiger partial charge on any atom is -0.347 e. The van der Waals surface area contributed by atoms with Crippen molar-refractivity contribution in [1.82, 2.24) is 9.88 Å². The molecule has 1 N–H and O–H groups in total. The summed E-state index contributed by atoms with van der Waals surface area (Å²) >= 11 is 0. The molecule has 0 saturated heterocycles. The van der Waals surface area contributed by atoms with Gasteiger partial charge in [0.2, 0.25) is 0 Å². The van der Waals surface area contributed by atoms with Crippen LogP contribution in [0.4, 0.5) is 0 Å². The van der Waals surface area contributed by atoms with Gasteiger partial charge in [-0.3, -0.25) is 4.21 Å². The van der Waals surface area contributed by atoms with E-state index >= 15 is 0 Å². The first-order chi connectivity index (χ1) is 9.71. The lowest BCUT2D eigenvalue weighted by atomic mass is 10.2. The Balaban J connectivity index is 0.000000452. The highest BCUT2D eigenvalue weighted by Gasteiger charge is 2.29. The monoisotopic (exact) mass is 292 g/mol. The van der Waals surface area contributed by atoms with E-state index in [0.29, 0.717) is 5.25 Å². The van der Waals surface area contributed by atoms with Crippen LogP contribution in [0.15, 0.2) is 35.4 Å².